The summed E-state index contributed by atoms with van der Waals surface area (Å²) in [7, 11) is 0. The van der Waals surface area contributed by atoms with Crippen molar-refractivity contribution in [2.75, 3.05) is 0 Å². The number of hydrogen-bond donors (Lipinski definition) is 2. The Balaban J connectivity index is 1.79. The maximum absolute atomic E-state index is 13.3. The summed E-state index contributed by atoms with van der Waals surface area (Å²) in [5, 5.41) is 8.32. The third-order valence-corrected chi connectivity index (χ3v) is 5.56. The maximum atomic E-state index is 13.3. The average Bonchev–Trinajstić information content (AvgIpc) is 3.21. The second-order valence-electron chi connectivity index (χ2n) is 6.58. The number of halogens is 2. The Morgan fingerprint density at radius 3 is 2.24 bits per heavy atom. The molecule has 1 heterocycles. The van der Waals surface area contributed by atoms with Gasteiger partial charge in [-0.3, -0.25) is 9.59 Å². The maximum Gasteiger partial charge on any atom is 0.223 e. The van der Waals surface area contributed by atoms with Gasteiger partial charge in [-0.2, -0.15) is 0 Å². The molecule has 2 atom stereocenters. The van der Waals surface area contributed by atoms with E-state index in [0.29, 0.717) is 5.02 Å². The summed E-state index contributed by atoms with van der Waals surface area (Å²) in [5.41, 5.74) is 1.57. The van der Waals surface area contributed by atoms with Crippen molar-refractivity contribution < 1.29 is 14.0 Å². The van der Waals surface area contributed by atoms with E-state index < -0.39 is 12.1 Å². The highest BCUT2D eigenvalue weighted by atomic mass is 35.5. The molecule has 0 radical (unpaired) electrons. The fraction of sp³-hybridized carbons (Fsp3) is 0.182. The molecule has 4 nitrogen and oxygen atoms in total. The van der Waals surface area contributed by atoms with E-state index in [0.717, 1.165) is 16.0 Å². The molecular formula is C22H20ClFN2O2S. The number of thiophene rings is 1. The molecule has 150 valence electrons. The summed E-state index contributed by atoms with van der Waals surface area (Å²) in [6, 6.07) is 16.0. The summed E-state index contributed by atoms with van der Waals surface area (Å²) in [6.45, 7) is 1.41. The first kappa shape index (κ1) is 21.0. The number of carbonyl (C=O) groups excluding carboxylic acids is 2. The van der Waals surface area contributed by atoms with Gasteiger partial charge in [0, 0.05) is 16.8 Å². The van der Waals surface area contributed by atoms with Gasteiger partial charge in [0.15, 0.2) is 0 Å². The van der Waals surface area contributed by atoms with Crippen molar-refractivity contribution in [2.24, 2.45) is 0 Å². The fourth-order valence-corrected chi connectivity index (χ4v) is 3.96. The molecule has 2 amide bonds. The average molecular weight is 431 g/mol. The van der Waals surface area contributed by atoms with Crippen LogP contribution in [0.5, 0.6) is 0 Å². The summed E-state index contributed by atoms with van der Waals surface area (Å²) >= 11 is 7.45. The van der Waals surface area contributed by atoms with Gasteiger partial charge in [0.25, 0.3) is 0 Å². The lowest BCUT2D eigenvalue weighted by Gasteiger charge is -2.22. The zero-order valence-corrected chi connectivity index (χ0v) is 17.3. The van der Waals surface area contributed by atoms with Gasteiger partial charge in [0.05, 0.1) is 18.5 Å². The van der Waals surface area contributed by atoms with E-state index in [1.807, 2.05) is 17.5 Å². The predicted octanol–water partition coefficient (Wildman–Crippen LogP) is 5.01. The van der Waals surface area contributed by atoms with E-state index in [-0.39, 0.29) is 24.1 Å². The van der Waals surface area contributed by atoms with Crippen molar-refractivity contribution >= 4 is 34.8 Å². The lowest BCUT2D eigenvalue weighted by Crippen LogP contribution is -2.34. The van der Waals surface area contributed by atoms with Crippen molar-refractivity contribution in [1.82, 2.24) is 10.6 Å². The van der Waals surface area contributed by atoms with Crippen LogP contribution >= 0.6 is 22.9 Å². The largest absolute Gasteiger partial charge is 0.349 e. The first-order valence-corrected chi connectivity index (χ1v) is 10.3. The second kappa shape index (κ2) is 9.67. The van der Waals surface area contributed by atoms with E-state index in [9.17, 15) is 14.0 Å². The Morgan fingerprint density at radius 1 is 1.00 bits per heavy atom. The third kappa shape index (κ3) is 5.89. The van der Waals surface area contributed by atoms with Gasteiger partial charge in [0.1, 0.15) is 5.82 Å². The van der Waals surface area contributed by atoms with Gasteiger partial charge in [-0.25, -0.2) is 4.39 Å². The van der Waals surface area contributed by atoms with Crippen LogP contribution in [0.1, 0.15) is 41.4 Å². The van der Waals surface area contributed by atoms with E-state index in [4.69, 9.17) is 11.6 Å². The van der Waals surface area contributed by atoms with E-state index in [1.165, 1.54) is 30.4 Å². The first-order chi connectivity index (χ1) is 13.9. The van der Waals surface area contributed by atoms with Gasteiger partial charge in [-0.15, -0.1) is 11.3 Å². The van der Waals surface area contributed by atoms with Gasteiger partial charge < -0.3 is 10.6 Å². The Bertz CT molecular complexity index is 959. The number of rotatable bonds is 7. The zero-order chi connectivity index (χ0) is 20.8. The Hall–Kier alpha value is -2.70. The third-order valence-electron chi connectivity index (χ3n) is 4.38. The van der Waals surface area contributed by atoms with Crippen LogP contribution in [-0.2, 0) is 9.59 Å². The Kier molecular flexibility index (Phi) is 7.01. The quantitative estimate of drug-likeness (QED) is 0.553. The van der Waals surface area contributed by atoms with Crippen molar-refractivity contribution in [3.63, 3.8) is 0 Å². The minimum atomic E-state index is -0.484. The van der Waals surface area contributed by atoms with Crippen LogP contribution in [0.25, 0.3) is 0 Å². The van der Waals surface area contributed by atoms with Crippen LogP contribution in [0.15, 0.2) is 66.0 Å². The molecule has 1 aromatic heterocycles. The Labute approximate surface area is 177 Å². The van der Waals surface area contributed by atoms with E-state index >= 15 is 0 Å². The molecule has 0 unspecified atom stereocenters. The van der Waals surface area contributed by atoms with Crippen LogP contribution in [0, 0.1) is 5.82 Å². The topological polar surface area (TPSA) is 58.2 Å². The Morgan fingerprint density at radius 2 is 1.66 bits per heavy atom. The molecule has 0 fully saturated rings. The van der Waals surface area contributed by atoms with Crippen LogP contribution in [0.4, 0.5) is 4.39 Å². The molecular weight excluding hydrogens is 411 g/mol. The molecule has 0 bridgehead atoms. The zero-order valence-electron chi connectivity index (χ0n) is 15.7. The van der Waals surface area contributed by atoms with Gasteiger partial charge in [0.2, 0.25) is 11.8 Å². The molecule has 0 saturated heterocycles. The summed E-state index contributed by atoms with van der Waals surface area (Å²) in [5.74, 6) is -0.800. The number of hydrogen-bond acceptors (Lipinski definition) is 3. The summed E-state index contributed by atoms with van der Waals surface area (Å²) < 4.78 is 13.3. The van der Waals surface area contributed by atoms with E-state index in [2.05, 4.69) is 10.6 Å². The molecule has 0 spiro atoms. The van der Waals surface area contributed by atoms with Crippen molar-refractivity contribution in [3.05, 3.63) is 92.9 Å². The summed E-state index contributed by atoms with van der Waals surface area (Å²) in [6.07, 6.45) is 0.0598. The molecule has 0 aliphatic carbocycles. The van der Waals surface area contributed by atoms with Crippen LogP contribution in [-0.4, -0.2) is 11.8 Å². The van der Waals surface area contributed by atoms with Crippen LogP contribution in [0.3, 0.4) is 0 Å². The molecule has 0 saturated carbocycles. The molecule has 3 aromatic rings. The second-order valence-corrected chi connectivity index (χ2v) is 7.99. The highest BCUT2D eigenvalue weighted by Gasteiger charge is 2.22. The predicted molar refractivity (Wildman–Crippen MR) is 113 cm³/mol. The standard InChI is InChI=1S/C22H20ClFN2O2S/c1-14(27)25-19(15-4-8-17(23)9-5-15)13-21(28)26-22(20-3-2-12-29-20)16-6-10-18(24)11-7-16/h2-12,19,22H,13H2,1H3,(H,25,27)(H,26,28)/t19-,22-/m1/s1. The SMILES string of the molecule is CC(=O)N[C@H](CC(=O)N[C@H](c1ccc(F)cc1)c1cccs1)c1ccc(Cl)cc1. The molecule has 7 heteroatoms. The van der Waals surface area contributed by atoms with Crippen LogP contribution < -0.4 is 10.6 Å². The van der Waals surface area contributed by atoms with Gasteiger partial charge in [-0.1, -0.05) is 41.9 Å². The number of carbonyl (C=O) groups is 2. The summed E-state index contributed by atoms with van der Waals surface area (Å²) in [4.78, 5) is 25.4. The highest BCUT2D eigenvalue weighted by Crippen LogP contribution is 2.27. The number of nitrogens with one attached hydrogen (secondary N) is 2. The molecule has 2 aromatic carbocycles. The highest BCUT2D eigenvalue weighted by molar-refractivity contribution is 7.10. The minimum absolute atomic E-state index is 0.0598. The molecule has 0 aliphatic heterocycles. The first-order valence-electron chi connectivity index (χ1n) is 9.03. The smallest absolute Gasteiger partial charge is 0.223 e. The molecule has 2 N–H and O–H groups in total. The lowest BCUT2D eigenvalue weighted by molar-refractivity contribution is -0.123. The van der Waals surface area contributed by atoms with Gasteiger partial charge >= 0.3 is 0 Å². The molecule has 0 aliphatic rings. The monoisotopic (exact) mass is 430 g/mol. The number of benzene rings is 2. The lowest BCUT2D eigenvalue weighted by atomic mass is 10.0. The van der Waals surface area contributed by atoms with E-state index in [1.54, 1.807) is 36.4 Å². The molecule has 29 heavy (non-hydrogen) atoms. The van der Waals surface area contributed by atoms with Crippen molar-refractivity contribution in [2.45, 2.75) is 25.4 Å². The van der Waals surface area contributed by atoms with Gasteiger partial charge in [-0.05, 0) is 46.8 Å². The number of amides is 2. The fourth-order valence-electron chi connectivity index (χ4n) is 3.03. The molecule has 3 rings (SSSR count). The normalized spacial score (nSPS) is 12.8. The van der Waals surface area contributed by atoms with Crippen molar-refractivity contribution in [3.8, 4) is 0 Å². The van der Waals surface area contributed by atoms with Crippen LogP contribution in [0.2, 0.25) is 5.02 Å². The van der Waals surface area contributed by atoms with Crippen molar-refractivity contribution in [1.29, 1.82) is 0 Å². The minimum Gasteiger partial charge on any atom is -0.349 e.